The lowest BCUT2D eigenvalue weighted by Gasteiger charge is -1.98. The molecule has 0 heterocycles. The molecule has 1 aromatic carbocycles. The average molecular weight is 153 g/mol. The Labute approximate surface area is 63.2 Å². The van der Waals surface area contributed by atoms with Gasteiger partial charge in [0, 0.05) is 11.8 Å². The fourth-order valence-corrected chi connectivity index (χ4v) is 0.679. The maximum absolute atomic E-state index is 10.0. The van der Waals surface area contributed by atoms with Crippen LogP contribution in [0.1, 0.15) is 0 Å². The van der Waals surface area contributed by atoms with Crippen molar-refractivity contribution in [2.75, 3.05) is 5.73 Å². The van der Waals surface area contributed by atoms with Crippen LogP contribution < -0.4 is 10.5 Å². The molecule has 0 unspecified atom stereocenters. The minimum atomic E-state index is -1.34. The number of benzene rings is 1. The Morgan fingerprint density at radius 3 is 2.82 bits per heavy atom. The Hall–Kier alpha value is -1.71. The molecule has 0 spiro atoms. The summed E-state index contributed by atoms with van der Waals surface area (Å²) in [4.78, 5) is 10.0. The number of nitrogens with two attached hydrogens (primary N) is 1. The van der Waals surface area contributed by atoms with Crippen LogP contribution in [0.25, 0.3) is 0 Å². The van der Waals surface area contributed by atoms with Gasteiger partial charge in [-0.1, -0.05) is 6.07 Å². The zero-order valence-corrected chi connectivity index (χ0v) is 5.65. The van der Waals surface area contributed by atoms with Gasteiger partial charge in [-0.3, -0.25) is 0 Å². The molecule has 58 valence electrons. The number of rotatable bonds is 1. The van der Waals surface area contributed by atoms with Gasteiger partial charge in [-0.15, -0.1) is 0 Å². The second-order valence-corrected chi connectivity index (χ2v) is 1.94. The van der Waals surface area contributed by atoms with E-state index in [2.05, 4.69) is 4.74 Å². The molecule has 0 aliphatic carbocycles. The average Bonchev–Trinajstić information content (AvgIpc) is 1.85. The third-order valence-electron chi connectivity index (χ3n) is 1.06. The molecule has 0 saturated heterocycles. The molecular weight excluding hydrogens is 146 g/mol. The largest absolute Gasteiger partial charge is 0.511 e. The summed E-state index contributed by atoms with van der Waals surface area (Å²) < 4.78 is 4.33. The van der Waals surface area contributed by atoms with E-state index in [0.717, 1.165) is 0 Å². The van der Waals surface area contributed by atoms with Crippen LogP contribution in [0.3, 0.4) is 0 Å². The van der Waals surface area contributed by atoms with Crippen molar-refractivity contribution in [1.29, 1.82) is 0 Å². The topological polar surface area (TPSA) is 72.5 Å². The summed E-state index contributed by atoms with van der Waals surface area (Å²) in [6.07, 6.45) is -1.34. The lowest BCUT2D eigenvalue weighted by Crippen LogP contribution is -2.02. The van der Waals surface area contributed by atoms with Gasteiger partial charge >= 0.3 is 6.16 Å². The van der Waals surface area contributed by atoms with Crippen molar-refractivity contribution >= 4 is 11.8 Å². The van der Waals surface area contributed by atoms with Crippen LogP contribution in [0.4, 0.5) is 10.5 Å². The Morgan fingerprint density at radius 2 is 2.27 bits per heavy atom. The van der Waals surface area contributed by atoms with Gasteiger partial charge in [0.2, 0.25) is 0 Å². The minimum absolute atomic E-state index is 0.234. The molecule has 0 aromatic heterocycles. The Kier molecular flexibility index (Phi) is 1.96. The van der Waals surface area contributed by atoms with E-state index >= 15 is 0 Å². The summed E-state index contributed by atoms with van der Waals surface area (Å²) in [5.41, 5.74) is 5.84. The van der Waals surface area contributed by atoms with Gasteiger partial charge < -0.3 is 15.6 Å². The molecule has 0 fully saturated rings. The van der Waals surface area contributed by atoms with Crippen molar-refractivity contribution in [1.82, 2.24) is 0 Å². The second kappa shape index (κ2) is 2.92. The van der Waals surface area contributed by atoms with Crippen molar-refractivity contribution in [3.8, 4) is 5.75 Å². The normalized spacial score (nSPS) is 9.09. The molecule has 3 N–H and O–H groups in total. The molecule has 4 nitrogen and oxygen atoms in total. The number of carbonyl (C=O) groups is 1. The first-order chi connectivity index (χ1) is 5.18. The molecule has 4 heteroatoms. The van der Waals surface area contributed by atoms with E-state index in [-0.39, 0.29) is 5.75 Å². The summed E-state index contributed by atoms with van der Waals surface area (Å²) in [7, 11) is 0. The van der Waals surface area contributed by atoms with Crippen LogP contribution in [0.5, 0.6) is 5.75 Å². The highest BCUT2D eigenvalue weighted by Gasteiger charge is 1.98. The van der Waals surface area contributed by atoms with Gasteiger partial charge in [-0.25, -0.2) is 4.79 Å². The lowest BCUT2D eigenvalue weighted by atomic mass is 10.3. The van der Waals surface area contributed by atoms with E-state index in [4.69, 9.17) is 10.8 Å². The van der Waals surface area contributed by atoms with Crippen LogP contribution in [0, 0.1) is 0 Å². The quantitative estimate of drug-likeness (QED) is 0.362. The van der Waals surface area contributed by atoms with Gasteiger partial charge in [0.1, 0.15) is 5.75 Å². The number of anilines is 1. The Morgan fingerprint density at radius 1 is 1.55 bits per heavy atom. The van der Waals surface area contributed by atoms with Gasteiger partial charge in [-0.05, 0) is 12.1 Å². The van der Waals surface area contributed by atoms with E-state index in [9.17, 15) is 4.79 Å². The number of ether oxygens (including phenoxy) is 1. The molecule has 0 aliphatic heterocycles. The molecule has 0 amide bonds. The van der Waals surface area contributed by atoms with Crippen LogP contribution in [0.15, 0.2) is 24.3 Å². The zero-order valence-electron chi connectivity index (χ0n) is 5.65. The highest BCUT2D eigenvalue weighted by molar-refractivity contribution is 5.62. The first-order valence-electron chi connectivity index (χ1n) is 2.95. The standard InChI is InChI=1S/C7H7NO3/c8-5-2-1-3-6(4-5)11-7(9)10/h1-4H,8H2,(H,9,10). The first-order valence-corrected chi connectivity index (χ1v) is 2.95. The molecule has 0 saturated carbocycles. The summed E-state index contributed by atoms with van der Waals surface area (Å²) in [5, 5.41) is 8.19. The Bertz CT molecular complexity index is 272. The number of hydrogen-bond donors (Lipinski definition) is 2. The number of nitrogen functional groups attached to an aromatic ring is 1. The fourth-order valence-electron chi connectivity index (χ4n) is 0.679. The molecular formula is C7H7NO3. The maximum Gasteiger partial charge on any atom is 0.511 e. The fraction of sp³-hybridized carbons (Fsp3) is 0. The molecule has 0 bridgehead atoms. The highest BCUT2D eigenvalue weighted by atomic mass is 16.7. The molecule has 0 atom stereocenters. The third kappa shape index (κ3) is 2.17. The number of hydrogen-bond acceptors (Lipinski definition) is 3. The molecule has 11 heavy (non-hydrogen) atoms. The summed E-state index contributed by atoms with van der Waals surface area (Å²) in [6, 6.07) is 6.22. The van der Waals surface area contributed by atoms with Crippen LogP contribution >= 0.6 is 0 Å². The van der Waals surface area contributed by atoms with Gasteiger partial charge in [0.15, 0.2) is 0 Å². The Balaban J connectivity index is 2.79. The third-order valence-corrected chi connectivity index (χ3v) is 1.06. The van der Waals surface area contributed by atoms with E-state index < -0.39 is 6.16 Å². The van der Waals surface area contributed by atoms with Crippen molar-refractivity contribution in [3.63, 3.8) is 0 Å². The van der Waals surface area contributed by atoms with Gasteiger partial charge in [-0.2, -0.15) is 0 Å². The van der Waals surface area contributed by atoms with E-state index in [1.807, 2.05) is 0 Å². The van der Waals surface area contributed by atoms with Crippen LogP contribution in [-0.2, 0) is 0 Å². The lowest BCUT2D eigenvalue weighted by molar-refractivity contribution is 0.144. The summed E-state index contributed by atoms with van der Waals surface area (Å²) >= 11 is 0. The molecule has 0 aliphatic rings. The first kappa shape index (κ1) is 7.40. The van der Waals surface area contributed by atoms with E-state index in [1.54, 1.807) is 12.1 Å². The maximum atomic E-state index is 10.0. The summed E-state index contributed by atoms with van der Waals surface area (Å²) in [6.45, 7) is 0. The second-order valence-electron chi connectivity index (χ2n) is 1.94. The smallest absolute Gasteiger partial charge is 0.449 e. The van der Waals surface area contributed by atoms with Gasteiger partial charge in [0.05, 0.1) is 0 Å². The van der Waals surface area contributed by atoms with E-state index in [0.29, 0.717) is 5.69 Å². The van der Waals surface area contributed by atoms with Crippen LogP contribution in [-0.4, -0.2) is 11.3 Å². The van der Waals surface area contributed by atoms with Crippen molar-refractivity contribution < 1.29 is 14.6 Å². The molecule has 1 aromatic rings. The van der Waals surface area contributed by atoms with Gasteiger partial charge in [0.25, 0.3) is 0 Å². The van der Waals surface area contributed by atoms with Crippen LogP contribution in [0.2, 0.25) is 0 Å². The SMILES string of the molecule is Nc1cccc(OC(=O)O)c1. The van der Waals surface area contributed by atoms with Crippen molar-refractivity contribution in [2.24, 2.45) is 0 Å². The molecule has 1 rings (SSSR count). The zero-order chi connectivity index (χ0) is 8.27. The number of carboxylic acid groups (broad SMARTS) is 1. The molecule has 0 radical (unpaired) electrons. The monoisotopic (exact) mass is 153 g/mol. The predicted octanol–water partition coefficient (Wildman–Crippen LogP) is 1.33. The summed E-state index contributed by atoms with van der Waals surface area (Å²) in [5.74, 6) is 0.234. The van der Waals surface area contributed by atoms with Crippen molar-refractivity contribution in [2.45, 2.75) is 0 Å². The van der Waals surface area contributed by atoms with Crippen molar-refractivity contribution in [3.05, 3.63) is 24.3 Å². The minimum Gasteiger partial charge on any atom is -0.449 e. The predicted molar refractivity (Wildman–Crippen MR) is 39.5 cm³/mol. The highest BCUT2D eigenvalue weighted by Crippen LogP contribution is 2.13. The van der Waals surface area contributed by atoms with E-state index in [1.165, 1.54) is 12.1 Å².